The first kappa shape index (κ1) is 11.2. The number of halogens is 1. The summed E-state index contributed by atoms with van der Waals surface area (Å²) in [7, 11) is 0. The summed E-state index contributed by atoms with van der Waals surface area (Å²) in [6.45, 7) is 1.03. The van der Waals surface area contributed by atoms with E-state index < -0.39 is 0 Å². The fraction of sp³-hybridized carbons (Fsp3) is 0.857. The van der Waals surface area contributed by atoms with E-state index in [0.717, 1.165) is 29.2 Å². The number of hydrogen-bond donors (Lipinski definition) is 0. The molecule has 0 nitrogen and oxygen atoms in total. The van der Waals surface area contributed by atoms with Crippen LogP contribution in [0.25, 0.3) is 0 Å². The zero-order valence-corrected chi connectivity index (χ0v) is 10.9. The van der Waals surface area contributed by atoms with E-state index in [4.69, 9.17) is 11.6 Å². The van der Waals surface area contributed by atoms with Crippen molar-refractivity contribution < 1.29 is 0 Å². The molecule has 1 unspecified atom stereocenters. The summed E-state index contributed by atoms with van der Waals surface area (Å²) < 4.78 is 0. The molecule has 3 rings (SSSR count). The van der Waals surface area contributed by atoms with Gasteiger partial charge in [-0.25, -0.2) is 0 Å². The Hall–Kier alpha value is 0.0949. The van der Waals surface area contributed by atoms with E-state index in [1.165, 1.54) is 57.8 Å². The van der Waals surface area contributed by atoms with Crippen molar-refractivity contribution in [1.29, 1.82) is 0 Å². The Morgan fingerprint density at radius 3 is 2.12 bits per heavy atom. The minimum atomic E-state index is 0.924. The van der Waals surface area contributed by atoms with E-state index >= 15 is 0 Å². The summed E-state index contributed by atoms with van der Waals surface area (Å²) in [5.74, 6) is 3.04. The molecule has 88 valence electrons. The topological polar surface area (TPSA) is 0 Å². The summed E-state index contributed by atoms with van der Waals surface area (Å²) >= 11 is 6.25. The smallest absolute Gasteiger partial charge is 0.0895 e. The van der Waals surface area contributed by atoms with Crippen LogP contribution in [0.15, 0.2) is 11.1 Å². The second-order valence-corrected chi connectivity index (χ2v) is 6.64. The van der Waals surface area contributed by atoms with Crippen LogP contribution in [0.3, 0.4) is 0 Å². The maximum Gasteiger partial charge on any atom is 0.149 e. The van der Waals surface area contributed by atoms with E-state index in [2.05, 4.69) is 6.08 Å². The number of allylic oxidation sites excluding steroid dienone is 2. The molecule has 3 aliphatic rings. The van der Waals surface area contributed by atoms with Gasteiger partial charge in [0.2, 0.25) is 0 Å². The van der Waals surface area contributed by atoms with Gasteiger partial charge in [-0.2, -0.15) is 0 Å². The van der Waals surface area contributed by atoms with Gasteiger partial charge < -0.3 is 0 Å². The molecule has 0 aromatic carbocycles. The zero-order valence-electron chi connectivity index (χ0n) is 10.1. The molecule has 2 fully saturated rings. The van der Waals surface area contributed by atoms with Crippen LogP contribution in [0.4, 0.5) is 0 Å². The van der Waals surface area contributed by atoms with E-state index in [9.17, 15) is 0 Å². The van der Waals surface area contributed by atoms with Gasteiger partial charge in [-0.15, -0.1) is 0 Å². The van der Waals surface area contributed by atoms with Gasteiger partial charge in [-0.1, -0.05) is 80.1 Å². The maximum absolute atomic E-state index is 6.25. The summed E-state index contributed by atoms with van der Waals surface area (Å²) in [6.07, 6.45) is 15.1. The second-order valence-electron chi connectivity index (χ2n) is 6.15. The summed E-state index contributed by atoms with van der Waals surface area (Å²) in [4.78, 5) is 0. The largest absolute Gasteiger partial charge is 0.149 e. The molecule has 2 heterocycles. The molecule has 1 aliphatic carbocycles. The van der Waals surface area contributed by atoms with Crippen molar-refractivity contribution in [1.82, 2.24) is 0 Å². The van der Waals surface area contributed by atoms with Crippen LogP contribution in [-0.4, -0.2) is 6.71 Å². The maximum atomic E-state index is 6.25. The monoisotopic (exact) mass is 236 g/mol. The summed E-state index contributed by atoms with van der Waals surface area (Å²) in [6, 6.07) is 0. The third-order valence-electron chi connectivity index (χ3n) is 5.29. The van der Waals surface area contributed by atoms with Crippen LogP contribution >= 0.6 is 11.6 Å². The first-order valence-electron chi connectivity index (χ1n) is 7.19. The molecule has 0 N–H and O–H groups in total. The Labute approximate surface area is 105 Å². The number of hydrogen-bond acceptors (Lipinski definition) is 0. The first-order valence-corrected chi connectivity index (χ1v) is 7.57. The van der Waals surface area contributed by atoms with Crippen LogP contribution < -0.4 is 0 Å². The standard InChI is InChI=1S/C14H22BCl/c16-14-9-3-8-13(10-14)15-11-4-1-5-12(15)7-2-6-11/h9,11-13H,1-8,10H2. The number of rotatable bonds is 1. The molecule has 16 heavy (non-hydrogen) atoms. The molecule has 0 aromatic rings. The Bertz CT molecular complexity index is 264. The predicted molar refractivity (Wildman–Crippen MR) is 72.5 cm³/mol. The predicted octanol–water partition coefficient (Wildman–Crippen LogP) is 5.27. The molecule has 2 aliphatic heterocycles. The summed E-state index contributed by atoms with van der Waals surface area (Å²) in [5.41, 5.74) is 0. The average molecular weight is 237 g/mol. The van der Waals surface area contributed by atoms with Crippen LogP contribution in [0.2, 0.25) is 17.5 Å². The van der Waals surface area contributed by atoms with E-state index in [0.29, 0.717) is 0 Å². The molecule has 2 bridgehead atoms. The lowest BCUT2D eigenvalue weighted by molar-refractivity contribution is 0.429. The molecule has 0 saturated carbocycles. The highest BCUT2D eigenvalue weighted by atomic mass is 35.5. The van der Waals surface area contributed by atoms with Crippen LogP contribution in [0, 0.1) is 0 Å². The highest BCUT2D eigenvalue weighted by Crippen LogP contribution is 2.53. The molecule has 0 amide bonds. The highest BCUT2D eigenvalue weighted by molar-refractivity contribution is 6.64. The van der Waals surface area contributed by atoms with Gasteiger partial charge >= 0.3 is 0 Å². The first-order chi connectivity index (χ1) is 7.84. The van der Waals surface area contributed by atoms with Crippen molar-refractivity contribution in [3.05, 3.63) is 11.1 Å². The average Bonchev–Trinajstić information content (AvgIpc) is 2.28. The Kier molecular flexibility index (Phi) is 3.33. The molecule has 2 saturated heterocycles. The SMILES string of the molecule is ClC1=CCCC(B2C3CCCC2CCC3)C1. The highest BCUT2D eigenvalue weighted by Gasteiger charge is 2.43. The lowest BCUT2D eigenvalue weighted by atomic mass is 9.21. The Balaban J connectivity index is 1.75. The van der Waals surface area contributed by atoms with Gasteiger partial charge in [0.25, 0.3) is 0 Å². The number of fused-ring (bicyclic) bond motifs is 2. The lowest BCUT2D eigenvalue weighted by Crippen LogP contribution is -2.39. The van der Waals surface area contributed by atoms with Gasteiger partial charge in [-0.05, 0) is 12.8 Å². The van der Waals surface area contributed by atoms with Crippen molar-refractivity contribution in [2.75, 3.05) is 0 Å². The second kappa shape index (κ2) is 4.76. The fourth-order valence-corrected chi connectivity index (χ4v) is 5.02. The van der Waals surface area contributed by atoms with E-state index in [1.54, 1.807) is 0 Å². The third kappa shape index (κ3) is 2.08. The zero-order chi connectivity index (χ0) is 11.0. The fourth-order valence-electron chi connectivity index (χ4n) is 4.72. The van der Waals surface area contributed by atoms with Crippen molar-refractivity contribution in [3.8, 4) is 0 Å². The van der Waals surface area contributed by atoms with Crippen molar-refractivity contribution in [2.24, 2.45) is 0 Å². The molecule has 0 spiro atoms. The van der Waals surface area contributed by atoms with Crippen LogP contribution in [0.1, 0.15) is 57.8 Å². The van der Waals surface area contributed by atoms with E-state index in [1.807, 2.05) is 0 Å². The third-order valence-corrected chi connectivity index (χ3v) is 5.60. The molecule has 0 radical (unpaired) electrons. The minimum Gasteiger partial charge on any atom is -0.0895 e. The van der Waals surface area contributed by atoms with Crippen LogP contribution in [0.5, 0.6) is 0 Å². The van der Waals surface area contributed by atoms with Gasteiger partial charge in [0.15, 0.2) is 0 Å². The van der Waals surface area contributed by atoms with Crippen LogP contribution in [-0.2, 0) is 0 Å². The molecular weight excluding hydrogens is 214 g/mol. The van der Waals surface area contributed by atoms with Gasteiger partial charge in [0, 0.05) is 5.03 Å². The normalized spacial score (nSPS) is 39.4. The van der Waals surface area contributed by atoms with Crippen molar-refractivity contribution in [3.63, 3.8) is 0 Å². The molecule has 1 atom stereocenters. The van der Waals surface area contributed by atoms with Gasteiger partial charge in [0.1, 0.15) is 6.71 Å². The molecule has 2 heteroatoms. The minimum absolute atomic E-state index is 0.924. The Morgan fingerprint density at radius 2 is 1.56 bits per heavy atom. The van der Waals surface area contributed by atoms with Gasteiger partial charge in [0.05, 0.1) is 0 Å². The lowest BCUT2D eigenvalue weighted by Gasteiger charge is -2.45. The Morgan fingerprint density at radius 1 is 0.938 bits per heavy atom. The van der Waals surface area contributed by atoms with Gasteiger partial charge in [-0.3, -0.25) is 0 Å². The van der Waals surface area contributed by atoms with E-state index in [-0.39, 0.29) is 0 Å². The van der Waals surface area contributed by atoms with Crippen molar-refractivity contribution >= 4 is 18.3 Å². The molecular formula is C14H22BCl. The van der Waals surface area contributed by atoms with Crippen molar-refractivity contribution in [2.45, 2.75) is 75.2 Å². The molecule has 0 aromatic heterocycles. The summed E-state index contributed by atoms with van der Waals surface area (Å²) in [5, 5.41) is 1.15. The quantitative estimate of drug-likeness (QED) is 0.544.